The highest BCUT2D eigenvalue weighted by atomic mass is 32.3. The maximum atomic E-state index is 11.5. The van der Waals surface area contributed by atoms with E-state index in [0.29, 0.717) is 23.4 Å². The molecule has 132 valence electrons. The van der Waals surface area contributed by atoms with E-state index >= 15 is 0 Å². The number of nitrogens with zero attached hydrogens (tertiary/aromatic N) is 1. The van der Waals surface area contributed by atoms with Crippen molar-refractivity contribution in [3.05, 3.63) is 21.7 Å². The van der Waals surface area contributed by atoms with Crippen LogP contribution in [0.25, 0.3) is 0 Å². The van der Waals surface area contributed by atoms with Crippen molar-refractivity contribution in [2.45, 2.75) is 33.1 Å². The minimum Gasteiger partial charge on any atom is -0.312 e. The van der Waals surface area contributed by atoms with Gasteiger partial charge in [-0.25, -0.2) is 13.6 Å². The standard InChI is InChI=1S/C10H17N3O7S3/c1-2-12-8-3-6(5-20-13(14)15)22(16,17)10-7(8)4-9(21-10)23(11,18)19/h4,6,8,12,16-17H,2-3,5H2,1H3,(H2,11,18,19). The first-order valence-corrected chi connectivity index (χ1v) is 10.5. The first-order chi connectivity index (χ1) is 10.6. The van der Waals surface area contributed by atoms with Gasteiger partial charge < -0.3 is 10.2 Å². The zero-order chi connectivity index (χ0) is 17.4. The van der Waals surface area contributed by atoms with E-state index in [1.807, 2.05) is 6.92 Å². The third-order valence-electron chi connectivity index (χ3n) is 3.41. The summed E-state index contributed by atoms with van der Waals surface area (Å²) in [6.07, 6.45) is 0.164. The van der Waals surface area contributed by atoms with E-state index in [2.05, 4.69) is 10.2 Å². The van der Waals surface area contributed by atoms with Crippen LogP contribution in [0.3, 0.4) is 0 Å². The van der Waals surface area contributed by atoms with Gasteiger partial charge in [-0.05, 0) is 19.0 Å². The van der Waals surface area contributed by atoms with Crippen LogP contribution in [0.5, 0.6) is 0 Å². The Bertz CT molecular complexity index is 703. The number of rotatable bonds is 6. The average Bonchev–Trinajstić information content (AvgIpc) is 2.87. The Morgan fingerprint density at radius 3 is 2.78 bits per heavy atom. The van der Waals surface area contributed by atoms with Crippen molar-refractivity contribution in [3.63, 3.8) is 0 Å². The molecule has 2 unspecified atom stereocenters. The van der Waals surface area contributed by atoms with Gasteiger partial charge in [0.15, 0.2) is 0 Å². The minimum absolute atomic E-state index is 0.0793. The van der Waals surface area contributed by atoms with Gasteiger partial charge in [0.1, 0.15) is 15.0 Å². The Morgan fingerprint density at radius 2 is 2.26 bits per heavy atom. The topological polar surface area (TPSA) is 165 Å². The molecule has 2 heterocycles. The van der Waals surface area contributed by atoms with Gasteiger partial charge in [0.2, 0.25) is 10.0 Å². The third-order valence-corrected chi connectivity index (χ3v) is 8.80. The molecule has 0 amide bonds. The molecule has 1 aromatic heterocycles. The Morgan fingerprint density at radius 1 is 1.61 bits per heavy atom. The Kier molecular flexibility index (Phi) is 5.20. The van der Waals surface area contributed by atoms with Crippen molar-refractivity contribution < 1.29 is 27.4 Å². The van der Waals surface area contributed by atoms with E-state index in [0.717, 1.165) is 0 Å². The smallest absolute Gasteiger partial charge is 0.294 e. The van der Waals surface area contributed by atoms with E-state index in [9.17, 15) is 27.6 Å². The van der Waals surface area contributed by atoms with Crippen LogP contribution >= 0.6 is 21.9 Å². The lowest BCUT2D eigenvalue weighted by Crippen LogP contribution is -2.35. The molecule has 2 atom stereocenters. The SMILES string of the molecule is CCNC1CC(CO[N+](=O)[O-])S(O)(O)c2sc(S(N)(=O)=O)cc21. The lowest BCUT2D eigenvalue weighted by Gasteiger charge is -2.45. The molecular weight excluding hydrogens is 370 g/mol. The predicted octanol–water partition coefficient (Wildman–Crippen LogP) is 1.14. The number of nitrogens with two attached hydrogens (primary N) is 1. The lowest BCUT2D eigenvalue weighted by molar-refractivity contribution is -0.757. The second-order valence-electron chi connectivity index (χ2n) is 4.93. The summed E-state index contributed by atoms with van der Waals surface area (Å²) in [6.45, 7) is 1.90. The fourth-order valence-electron chi connectivity index (χ4n) is 2.41. The second kappa shape index (κ2) is 6.51. The van der Waals surface area contributed by atoms with Crippen LogP contribution in [0, 0.1) is 10.1 Å². The highest BCUT2D eigenvalue weighted by Crippen LogP contribution is 2.63. The molecule has 13 heteroatoms. The van der Waals surface area contributed by atoms with Gasteiger partial charge in [-0.3, -0.25) is 9.11 Å². The Labute approximate surface area is 138 Å². The predicted molar refractivity (Wildman–Crippen MR) is 84.6 cm³/mol. The first-order valence-electron chi connectivity index (χ1n) is 6.51. The van der Waals surface area contributed by atoms with Crippen molar-refractivity contribution in [3.8, 4) is 0 Å². The zero-order valence-corrected chi connectivity index (χ0v) is 14.5. The van der Waals surface area contributed by atoms with Gasteiger partial charge in [0.05, 0.1) is 5.25 Å². The summed E-state index contributed by atoms with van der Waals surface area (Å²) in [5.41, 5.74) is 0.443. The molecule has 1 aliphatic rings. The van der Waals surface area contributed by atoms with Crippen molar-refractivity contribution in [2.24, 2.45) is 5.14 Å². The molecular formula is C10H17N3O7S3. The third kappa shape index (κ3) is 3.76. The number of nitrogens with one attached hydrogen (secondary N) is 1. The monoisotopic (exact) mass is 387 g/mol. The fraction of sp³-hybridized carbons (Fsp3) is 0.600. The van der Waals surface area contributed by atoms with Crippen molar-refractivity contribution >= 4 is 31.9 Å². The summed E-state index contributed by atoms with van der Waals surface area (Å²) in [5, 5.41) is 16.6. The van der Waals surface area contributed by atoms with E-state index < -0.39 is 37.6 Å². The molecule has 1 aliphatic heterocycles. The largest absolute Gasteiger partial charge is 0.312 e. The molecule has 0 radical (unpaired) electrons. The molecule has 0 bridgehead atoms. The highest BCUT2D eigenvalue weighted by Gasteiger charge is 2.42. The molecule has 1 aromatic rings. The lowest BCUT2D eigenvalue weighted by atomic mass is 10.0. The van der Waals surface area contributed by atoms with Crippen molar-refractivity contribution in [1.82, 2.24) is 5.32 Å². The van der Waals surface area contributed by atoms with Gasteiger partial charge in [0, 0.05) is 11.6 Å². The molecule has 0 spiro atoms. The second-order valence-corrected chi connectivity index (χ2v) is 10.3. The number of fused-ring (bicyclic) bond motifs is 1. The van der Waals surface area contributed by atoms with Gasteiger partial charge in [-0.1, -0.05) is 6.92 Å². The molecule has 10 nitrogen and oxygen atoms in total. The van der Waals surface area contributed by atoms with Crippen LogP contribution < -0.4 is 10.5 Å². The zero-order valence-electron chi connectivity index (χ0n) is 12.0. The van der Waals surface area contributed by atoms with Gasteiger partial charge in [-0.15, -0.1) is 21.5 Å². The molecule has 2 rings (SSSR count). The summed E-state index contributed by atoms with van der Waals surface area (Å²) in [7, 11) is -7.43. The first kappa shape index (κ1) is 18.4. The quantitative estimate of drug-likeness (QED) is 0.416. The van der Waals surface area contributed by atoms with Crippen molar-refractivity contribution in [1.29, 1.82) is 0 Å². The highest BCUT2D eigenvalue weighted by molar-refractivity contribution is 8.26. The average molecular weight is 387 g/mol. The summed E-state index contributed by atoms with van der Waals surface area (Å²) in [6, 6.07) is 0.948. The number of hydrogen-bond acceptors (Lipinski definition) is 9. The van der Waals surface area contributed by atoms with Crippen LogP contribution in [0.2, 0.25) is 0 Å². The van der Waals surface area contributed by atoms with Gasteiger partial charge in [0.25, 0.3) is 5.09 Å². The van der Waals surface area contributed by atoms with Gasteiger partial charge >= 0.3 is 0 Å². The maximum absolute atomic E-state index is 11.5. The minimum atomic E-state index is -3.99. The normalized spacial score (nSPS) is 24.7. The summed E-state index contributed by atoms with van der Waals surface area (Å²) in [4.78, 5) is 14.7. The van der Waals surface area contributed by atoms with E-state index in [-0.39, 0.29) is 20.9 Å². The van der Waals surface area contributed by atoms with Crippen LogP contribution in [-0.4, -0.2) is 41.0 Å². The van der Waals surface area contributed by atoms with Crippen LogP contribution in [-0.2, 0) is 14.9 Å². The van der Waals surface area contributed by atoms with Gasteiger partial charge in [-0.2, -0.15) is 10.6 Å². The number of sulfonamides is 1. The molecule has 0 aromatic carbocycles. The molecule has 0 saturated carbocycles. The number of thiophene rings is 1. The molecule has 5 N–H and O–H groups in total. The van der Waals surface area contributed by atoms with Crippen LogP contribution in [0.1, 0.15) is 24.9 Å². The van der Waals surface area contributed by atoms with E-state index in [1.165, 1.54) is 6.07 Å². The van der Waals surface area contributed by atoms with Crippen molar-refractivity contribution in [2.75, 3.05) is 13.2 Å². The van der Waals surface area contributed by atoms with Crippen LogP contribution in [0.4, 0.5) is 0 Å². The Hall–Kier alpha value is -0.960. The van der Waals surface area contributed by atoms with E-state index in [1.54, 1.807) is 0 Å². The molecule has 0 fully saturated rings. The fourth-order valence-corrected chi connectivity index (χ4v) is 6.99. The summed E-state index contributed by atoms with van der Waals surface area (Å²) in [5.74, 6) is 0. The molecule has 0 aliphatic carbocycles. The summed E-state index contributed by atoms with van der Waals surface area (Å²) >= 11 is 0.675. The van der Waals surface area contributed by atoms with E-state index in [4.69, 9.17) is 5.14 Å². The molecule has 23 heavy (non-hydrogen) atoms. The summed E-state index contributed by atoms with van der Waals surface area (Å²) < 4.78 is 43.8. The molecule has 0 saturated heterocycles. The van der Waals surface area contributed by atoms with Crippen LogP contribution in [0.15, 0.2) is 14.5 Å². The Balaban J connectivity index is 2.46. The number of hydrogen-bond donors (Lipinski definition) is 4. The maximum Gasteiger partial charge on any atom is 0.294 e. The number of primary sulfonamides is 1.